The molecule has 1 aromatic carbocycles. The Morgan fingerprint density at radius 3 is 3.00 bits per heavy atom. The van der Waals surface area contributed by atoms with Crippen LogP contribution < -0.4 is 11.1 Å². The minimum atomic E-state index is 0. The van der Waals surface area contributed by atoms with Crippen molar-refractivity contribution in [3.05, 3.63) is 29.8 Å². The molecule has 0 aromatic heterocycles. The maximum Gasteiger partial charge on any atom is 0.193 e. The first-order valence-electron chi connectivity index (χ1n) is 7.53. The number of likely N-dealkylation sites (tertiary alicyclic amines) is 1. The zero-order valence-electron chi connectivity index (χ0n) is 13.0. The molecule has 1 aromatic rings. The van der Waals surface area contributed by atoms with E-state index in [9.17, 15) is 0 Å². The standard InChI is InChI=1S/C16H26N4.HI/c1-3-20-9-5-7-14(12-20)11-18-16(17)19-15-8-4-6-13(2)10-15;/h4,6,8,10,14H,3,5,7,9,11-12H2,1-2H3,(H3,17,18,19);1H. The van der Waals surface area contributed by atoms with Crippen molar-refractivity contribution < 1.29 is 0 Å². The normalized spacial score (nSPS) is 19.9. The molecular weight excluding hydrogens is 375 g/mol. The summed E-state index contributed by atoms with van der Waals surface area (Å²) in [5.41, 5.74) is 8.19. The third-order valence-electron chi connectivity index (χ3n) is 3.86. The summed E-state index contributed by atoms with van der Waals surface area (Å²) in [6.07, 6.45) is 2.54. The van der Waals surface area contributed by atoms with E-state index < -0.39 is 0 Å². The maximum absolute atomic E-state index is 5.97. The summed E-state index contributed by atoms with van der Waals surface area (Å²) in [7, 11) is 0. The van der Waals surface area contributed by atoms with E-state index in [-0.39, 0.29) is 24.0 Å². The number of nitrogens with two attached hydrogens (primary N) is 1. The highest BCUT2D eigenvalue weighted by atomic mass is 127. The summed E-state index contributed by atoms with van der Waals surface area (Å²) in [6, 6.07) is 8.17. The number of hydrogen-bond donors (Lipinski definition) is 2. The van der Waals surface area contributed by atoms with Crippen LogP contribution >= 0.6 is 24.0 Å². The SMILES string of the molecule is CCN1CCCC(CN=C(N)Nc2cccc(C)c2)C1.I. The van der Waals surface area contributed by atoms with Crippen LogP contribution in [-0.4, -0.2) is 37.0 Å². The van der Waals surface area contributed by atoms with Crippen LogP contribution in [-0.2, 0) is 0 Å². The Labute approximate surface area is 145 Å². The van der Waals surface area contributed by atoms with Gasteiger partial charge in [0.15, 0.2) is 5.96 Å². The highest BCUT2D eigenvalue weighted by molar-refractivity contribution is 14.0. The zero-order chi connectivity index (χ0) is 14.4. The molecule has 0 aliphatic carbocycles. The topological polar surface area (TPSA) is 53.6 Å². The zero-order valence-corrected chi connectivity index (χ0v) is 15.3. The second-order valence-electron chi connectivity index (χ2n) is 5.62. The summed E-state index contributed by atoms with van der Waals surface area (Å²) < 4.78 is 0. The van der Waals surface area contributed by atoms with Gasteiger partial charge in [-0.1, -0.05) is 19.1 Å². The number of benzene rings is 1. The Morgan fingerprint density at radius 1 is 1.48 bits per heavy atom. The summed E-state index contributed by atoms with van der Waals surface area (Å²) in [6.45, 7) is 8.63. The van der Waals surface area contributed by atoms with Crippen LogP contribution in [0.25, 0.3) is 0 Å². The second kappa shape index (κ2) is 9.25. The number of nitrogens with one attached hydrogen (secondary N) is 1. The molecule has 5 heteroatoms. The van der Waals surface area contributed by atoms with Crippen molar-refractivity contribution in [2.24, 2.45) is 16.6 Å². The van der Waals surface area contributed by atoms with Crippen molar-refractivity contribution in [2.45, 2.75) is 26.7 Å². The van der Waals surface area contributed by atoms with Crippen LogP contribution in [0.15, 0.2) is 29.3 Å². The molecule has 0 spiro atoms. The fourth-order valence-corrected chi connectivity index (χ4v) is 2.73. The number of anilines is 1. The number of aryl methyl sites for hydroxylation is 1. The predicted octanol–water partition coefficient (Wildman–Crippen LogP) is 3.07. The number of guanidine groups is 1. The van der Waals surface area contributed by atoms with E-state index in [2.05, 4.69) is 41.2 Å². The molecule has 1 aliphatic heterocycles. The summed E-state index contributed by atoms with van der Waals surface area (Å²) in [5, 5.41) is 3.16. The minimum Gasteiger partial charge on any atom is -0.370 e. The van der Waals surface area contributed by atoms with Crippen LogP contribution in [0.2, 0.25) is 0 Å². The van der Waals surface area contributed by atoms with Crippen molar-refractivity contribution in [3.63, 3.8) is 0 Å². The number of aliphatic imine (C=N–C) groups is 1. The molecule has 1 atom stereocenters. The molecule has 4 nitrogen and oxygen atoms in total. The lowest BCUT2D eigenvalue weighted by Crippen LogP contribution is -2.36. The summed E-state index contributed by atoms with van der Waals surface area (Å²) in [4.78, 5) is 6.99. The highest BCUT2D eigenvalue weighted by Gasteiger charge is 2.18. The number of piperidine rings is 1. The molecule has 1 fully saturated rings. The Bertz CT molecular complexity index is 461. The van der Waals surface area contributed by atoms with E-state index in [0.29, 0.717) is 11.9 Å². The molecule has 2 rings (SSSR count). The van der Waals surface area contributed by atoms with Crippen molar-refractivity contribution in [2.75, 3.05) is 31.5 Å². The summed E-state index contributed by atoms with van der Waals surface area (Å²) >= 11 is 0. The minimum absolute atomic E-state index is 0. The molecular formula is C16H27IN4. The van der Waals surface area contributed by atoms with Gasteiger partial charge in [-0.2, -0.15) is 0 Å². The van der Waals surface area contributed by atoms with Gasteiger partial charge in [0.1, 0.15) is 0 Å². The molecule has 0 amide bonds. The van der Waals surface area contributed by atoms with Crippen LogP contribution in [0.5, 0.6) is 0 Å². The molecule has 0 bridgehead atoms. The van der Waals surface area contributed by atoms with Gasteiger partial charge >= 0.3 is 0 Å². The average Bonchev–Trinajstić information content (AvgIpc) is 2.45. The van der Waals surface area contributed by atoms with E-state index in [4.69, 9.17) is 5.73 Å². The monoisotopic (exact) mass is 402 g/mol. The van der Waals surface area contributed by atoms with Gasteiger partial charge < -0.3 is 16.0 Å². The predicted molar refractivity (Wildman–Crippen MR) is 102 cm³/mol. The van der Waals surface area contributed by atoms with Crippen molar-refractivity contribution >= 4 is 35.6 Å². The number of rotatable bonds is 4. The van der Waals surface area contributed by atoms with E-state index in [1.807, 2.05) is 12.1 Å². The number of hydrogen-bond acceptors (Lipinski definition) is 2. The lowest BCUT2D eigenvalue weighted by molar-refractivity contribution is 0.187. The Balaban J connectivity index is 0.00000220. The molecule has 3 N–H and O–H groups in total. The first-order chi connectivity index (χ1) is 9.67. The van der Waals surface area contributed by atoms with Crippen LogP contribution in [0.1, 0.15) is 25.3 Å². The first kappa shape index (κ1) is 18.2. The van der Waals surface area contributed by atoms with E-state index >= 15 is 0 Å². The van der Waals surface area contributed by atoms with Gasteiger partial charge in [0.05, 0.1) is 0 Å². The number of nitrogens with zero attached hydrogens (tertiary/aromatic N) is 2. The smallest absolute Gasteiger partial charge is 0.193 e. The highest BCUT2D eigenvalue weighted by Crippen LogP contribution is 2.16. The van der Waals surface area contributed by atoms with Gasteiger partial charge in [-0.05, 0) is 56.5 Å². The maximum atomic E-state index is 5.97. The number of halogens is 1. The Morgan fingerprint density at radius 2 is 2.29 bits per heavy atom. The Hall–Kier alpha value is -0.820. The van der Waals surface area contributed by atoms with E-state index in [1.165, 1.54) is 24.9 Å². The summed E-state index contributed by atoms with van der Waals surface area (Å²) in [5.74, 6) is 1.16. The van der Waals surface area contributed by atoms with Crippen LogP contribution in [0.3, 0.4) is 0 Å². The molecule has 21 heavy (non-hydrogen) atoms. The van der Waals surface area contributed by atoms with Crippen LogP contribution in [0, 0.1) is 12.8 Å². The first-order valence-corrected chi connectivity index (χ1v) is 7.53. The lowest BCUT2D eigenvalue weighted by atomic mass is 9.98. The van der Waals surface area contributed by atoms with Crippen LogP contribution in [0.4, 0.5) is 5.69 Å². The van der Waals surface area contributed by atoms with Crippen molar-refractivity contribution in [1.29, 1.82) is 0 Å². The van der Waals surface area contributed by atoms with Gasteiger partial charge in [0.2, 0.25) is 0 Å². The fraction of sp³-hybridized carbons (Fsp3) is 0.562. The third kappa shape index (κ3) is 6.22. The molecule has 1 unspecified atom stereocenters. The molecule has 0 radical (unpaired) electrons. The lowest BCUT2D eigenvalue weighted by Gasteiger charge is -2.30. The van der Waals surface area contributed by atoms with Crippen molar-refractivity contribution in [1.82, 2.24) is 4.90 Å². The largest absolute Gasteiger partial charge is 0.370 e. The molecule has 1 heterocycles. The van der Waals surface area contributed by atoms with Gasteiger partial charge in [0, 0.05) is 18.8 Å². The van der Waals surface area contributed by atoms with E-state index in [1.54, 1.807) is 0 Å². The molecule has 1 aliphatic rings. The molecule has 1 saturated heterocycles. The van der Waals surface area contributed by atoms with Gasteiger partial charge in [-0.3, -0.25) is 4.99 Å². The van der Waals surface area contributed by atoms with Gasteiger partial charge in [-0.15, -0.1) is 24.0 Å². The average molecular weight is 402 g/mol. The molecule has 0 saturated carbocycles. The third-order valence-corrected chi connectivity index (χ3v) is 3.86. The van der Waals surface area contributed by atoms with E-state index in [0.717, 1.165) is 25.3 Å². The van der Waals surface area contributed by atoms with Crippen molar-refractivity contribution in [3.8, 4) is 0 Å². The Kier molecular flexibility index (Phi) is 8.03. The molecule has 118 valence electrons. The second-order valence-corrected chi connectivity index (χ2v) is 5.62. The quantitative estimate of drug-likeness (QED) is 0.463. The van der Waals surface area contributed by atoms with Gasteiger partial charge in [-0.25, -0.2) is 0 Å². The fourth-order valence-electron chi connectivity index (χ4n) is 2.73. The van der Waals surface area contributed by atoms with Gasteiger partial charge in [0.25, 0.3) is 0 Å².